The summed E-state index contributed by atoms with van der Waals surface area (Å²) < 4.78 is 30.9. The third-order valence-corrected chi connectivity index (χ3v) is 5.80. The quantitative estimate of drug-likeness (QED) is 0.303. The molecule has 0 saturated heterocycles. The summed E-state index contributed by atoms with van der Waals surface area (Å²) in [5.74, 6) is -2.16. The topological polar surface area (TPSA) is 85.2 Å². The maximum absolute atomic E-state index is 14.6. The molecule has 4 aromatic rings. The van der Waals surface area contributed by atoms with Crippen molar-refractivity contribution in [3.05, 3.63) is 65.7 Å². The number of hydrogen-bond acceptors (Lipinski definition) is 5. The van der Waals surface area contributed by atoms with Gasteiger partial charge in [-0.3, -0.25) is 0 Å². The number of aromatic nitrogens is 7. The number of hydrogen-bond donors (Lipinski definition) is 1. The zero-order valence-electron chi connectivity index (χ0n) is 19.5. The zero-order chi connectivity index (χ0) is 24.0. The minimum Gasteiger partial charge on any atom is -0.245 e. The Morgan fingerprint density at radius 1 is 0.941 bits per heavy atom. The van der Waals surface area contributed by atoms with Crippen LogP contribution < -0.4 is 0 Å². The molecule has 0 bridgehead atoms. The lowest BCUT2D eigenvalue weighted by Gasteiger charge is -2.11. The van der Waals surface area contributed by atoms with E-state index in [-0.39, 0.29) is 12.2 Å². The Morgan fingerprint density at radius 3 is 2.35 bits per heavy atom. The first-order valence-corrected chi connectivity index (χ1v) is 11.8. The molecule has 2 heterocycles. The fraction of sp³-hybridized carbons (Fsp3) is 0.400. The molecular weight excluding hydrogens is 436 g/mol. The van der Waals surface area contributed by atoms with E-state index >= 15 is 0 Å². The predicted octanol–water partition coefficient (Wildman–Crippen LogP) is 5.80. The molecule has 2 aromatic carbocycles. The number of nitrogens with one attached hydrogen (secondary N) is 1. The molecule has 0 aliphatic rings. The predicted molar refractivity (Wildman–Crippen MR) is 126 cm³/mol. The van der Waals surface area contributed by atoms with Crippen LogP contribution in [0.2, 0.25) is 0 Å². The molecule has 7 nitrogen and oxygen atoms in total. The van der Waals surface area contributed by atoms with Crippen LogP contribution in [-0.4, -0.2) is 35.4 Å². The second-order valence-electron chi connectivity index (χ2n) is 8.41. The molecule has 0 fully saturated rings. The first kappa shape index (κ1) is 23.7. The monoisotopic (exact) mass is 465 g/mol. The van der Waals surface area contributed by atoms with Gasteiger partial charge in [-0.15, -0.1) is 10.2 Å². The molecule has 0 spiro atoms. The van der Waals surface area contributed by atoms with Crippen molar-refractivity contribution >= 4 is 0 Å². The van der Waals surface area contributed by atoms with Gasteiger partial charge in [0.25, 0.3) is 0 Å². The van der Waals surface area contributed by atoms with Crippen LogP contribution in [0.25, 0.3) is 22.5 Å². The standard InChI is InChI=1S/C25H29F2N7/c1-3-5-11-22-28-24(25(26,27)16-6-4-2)31-34(22)17-18-12-14-19(15-13-18)20-9-7-8-10-21(20)23-29-32-33-30-23/h7-10,12-15H,3-6,11,16-17H2,1-2H3,(H,29,30,32,33). The Kier molecular flexibility index (Phi) is 7.40. The first-order chi connectivity index (χ1) is 16.5. The van der Waals surface area contributed by atoms with E-state index in [0.29, 0.717) is 37.5 Å². The lowest BCUT2D eigenvalue weighted by molar-refractivity contribution is -0.0245. The second-order valence-corrected chi connectivity index (χ2v) is 8.41. The number of alkyl halides is 2. The van der Waals surface area contributed by atoms with Crippen molar-refractivity contribution in [2.75, 3.05) is 0 Å². The van der Waals surface area contributed by atoms with Crippen molar-refractivity contribution in [2.24, 2.45) is 0 Å². The van der Waals surface area contributed by atoms with Gasteiger partial charge < -0.3 is 0 Å². The molecule has 4 rings (SSSR count). The van der Waals surface area contributed by atoms with Gasteiger partial charge in [-0.2, -0.15) is 8.78 Å². The Bertz CT molecular complexity index is 1180. The molecule has 0 atom stereocenters. The van der Waals surface area contributed by atoms with Crippen molar-refractivity contribution in [3.63, 3.8) is 0 Å². The number of benzene rings is 2. The molecule has 9 heteroatoms. The average molecular weight is 466 g/mol. The van der Waals surface area contributed by atoms with Gasteiger partial charge in [-0.05, 0) is 40.0 Å². The summed E-state index contributed by atoms with van der Waals surface area (Å²) in [6.45, 7) is 4.37. The number of aryl methyl sites for hydroxylation is 1. The van der Waals surface area contributed by atoms with Crippen LogP contribution in [-0.2, 0) is 18.9 Å². The summed E-state index contributed by atoms with van der Waals surface area (Å²) in [7, 11) is 0. The third kappa shape index (κ3) is 5.35. The maximum atomic E-state index is 14.6. The highest BCUT2D eigenvalue weighted by Gasteiger charge is 2.36. The molecule has 0 saturated carbocycles. The fourth-order valence-corrected chi connectivity index (χ4v) is 3.86. The van der Waals surface area contributed by atoms with E-state index in [1.165, 1.54) is 0 Å². The molecule has 1 N–H and O–H groups in total. The van der Waals surface area contributed by atoms with Crippen molar-refractivity contribution < 1.29 is 8.78 Å². The van der Waals surface area contributed by atoms with Gasteiger partial charge in [0, 0.05) is 18.4 Å². The third-order valence-electron chi connectivity index (χ3n) is 5.80. The van der Waals surface area contributed by atoms with Crippen LogP contribution in [0.1, 0.15) is 63.2 Å². The highest BCUT2D eigenvalue weighted by atomic mass is 19.3. The molecule has 0 aliphatic carbocycles. The number of rotatable bonds is 11. The number of H-pyrrole nitrogens is 1. The minimum absolute atomic E-state index is 0.227. The number of unbranched alkanes of at least 4 members (excludes halogenated alkanes) is 2. The van der Waals surface area contributed by atoms with Gasteiger partial charge in [0.15, 0.2) is 5.82 Å². The zero-order valence-corrected chi connectivity index (χ0v) is 19.5. The molecular formula is C25H29F2N7. The average Bonchev–Trinajstić information content (AvgIpc) is 3.53. The maximum Gasteiger partial charge on any atom is 0.308 e. The minimum atomic E-state index is -3.01. The van der Waals surface area contributed by atoms with E-state index in [0.717, 1.165) is 35.1 Å². The van der Waals surface area contributed by atoms with Gasteiger partial charge in [0.05, 0.1) is 6.54 Å². The molecule has 2 aromatic heterocycles. The van der Waals surface area contributed by atoms with E-state index < -0.39 is 5.92 Å². The Labute approximate surface area is 197 Å². The smallest absolute Gasteiger partial charge is 0.245 e. The van der Waals surface area contributed by atoms with Gasteiger partial charge in [-0.1, -0.05) is 75.2 Å². The van der Waals surface area contributed by atoms with Crippen molar-refractivity contribution in [2.45, 2.75) is 64.8 Å². The van der Waals surface area contributed by atoms with Gasteiger partial charge in [0.1, 0.15) is 5.82 Å². The number of tetrazole rings is 1. The summed E-state index contributed by atoms with van der Waals surface area (Å²) in [4.78, 5) is 4.25. The van der Waals surface area contributed by atoms with Crippen molar-refractivity contribution in [1.82, 2.24) is 35.4 Å². The van der Waals surface area contributed by atoms with Gasteiger partial charge >= 0.3 is 5.92 Å². The van der Waals surface area contributed by atoms with E-state index in [4.69, 9.17) is 0 Å². The molecule has 178 valence electrons. The van der Waals surface area contributed by atoms with Crippen molar-refractivity contribution in [1.29, 1.82) is 0 Å². The highest BCUT2D eigenvalue weighted by molar-refractivity contribution is 5.80. The molecule has 0 unspecified atom stereocenters. The summed E-state index contributed by atoms with van der Waals surface area (Å²) in [5, 5.41) is 18.4. The number of aromatic amines is 1. The lowest BCUT2D eigenvalue weighted by Crippen LogP contribution is -2.16. The van der Waals surface area contributed by atoms with Crippen molar-refractivity contribution in [3.8, 4) is 22.5 Å². The lowest BCUT2D eigenvalue weighted by atomic mass is 9.98. The van der Waals surface area contributed by atoms with Crippen LogP contribution in [0.3, 0.4) is 0 Å². The van der Waals surface area contributed by atoms with Crippen LogP contribution in [0.4, 0.5) is 8.78 Å². The van der Waals surface area contributed by atoms with Crippen LogP contribution in [0.15, 0.2) is 48.5 Å². The Morgan fingerprint density at radius 2 is 1.68 bits per heavy atom. The molecule has 0 amide bonds. The number of halogens is 2. The normalized spacial score (nSPS) is 11.8. The molecule has 34 heavy (non-hydrogen) atoms. The summed E-state index contributed by atoms with van der Waals surface area (Å²) >= 11 is 0. The molecule has 0 radical (unpaired) electrons. The highest BCUT2D eigenvalue weighted by Crippen LogP contribution is 2.32. The summed E-state index contributed by atoms with van der Waals surface area (Å²) in [6, 6.07) is 15.9. The van der Waals surface area contributed by atoms with E-state index in [9.17, 15) is 8.78 Å². The van der Waals surface area contributed by atoms with Crippen LogP contribution in [0.5, 0.6) is 0 Å². The SMILES string of the molecule is CCCCc1nc(C(F)(F)CCCC)nn1Cc1ccc(-c2ccccc2-c2nnn[nH]2)cc1. The molecule has 0 aliphatic heterocycles. The van der Waals surface area contributed by atoms with Crippen LogP contribution >= 0.6 is 0 Å². The van der Waals surface area contributed by atoms with Crippen LogP contribution in [0, 0.1) is 0 Å². The largest absolute Gasteiger partial charge is 0.308 e. The van der Waals surface area contributed by atoms with E-state index in [1.54, 1.807) is 4.68 Å². The van der Waals surface area contributed by atoms with E-state index in [2.05, 4.69) is 37.6 Å². The Hall–Kier alpha value is -3.49. The van der Waals surface area contributed by atoms with Gasteiger partial charge in [0.2, 0.25) is 5.82 Å². The summed E-state index contributed by atoms with van der Waals surface area (Å²) in [5.41, 5.74) is 3.87. The Balaban J connectivity index is 1.58. The van der Waals surface area contributed by atoms with E-state index in [1.807, 2.05) is 55.5 Å². The first-order valence-electron chi connectivity index (χ1n) is 11.8. The second kappa shape index (κ2) is 10.6. The summed E-state index contributed by atoms with van der Waals surface area (Å²) in [6.07, 6.45) is 3.40. The fourth-order valence-electron chi connectivity index (χ4n) is 3.86. The number of nitrogens with zero attached hydrogens (tertiary/aromatic N) is 6. The van der Waals surface area contributed by atoms with Gasteiger partial charge in [-0.25, -0.2) is 14.8 Å².